The van der Waals surface area contributed by atoms with Gasteiger partial charge in [-0.2, -0.15) is 0 Å². The Morgan fingerprint density at radius 2 is 2.00 bits per heavy atom. The Balaban J connectivity index is 1.85. The maximum atomic E-state index is 13.1. The van der Waals surface area contributed by atoms with Gasteiger partial charge in [-0.15, -0.1) is 11.8 Å². The quantitative estimate of drug-likeness (QED) is 0.725. The summed E-state index contributed by atoms with van der Waals surface area (Å²) in [6.45, 7) is -0.401. The third kappa shape index (κ3) is 5.64. The number of anilines is 1. The van der Waals surface area contributed by atoms with Crippen LogP contribution in [0, 0.1) is 5.82 Å². The lowest BCUT2D eigenvalue weighted by Gasteiger charge is -2.18. The number of amides is 2. The van der Waals surface area contributed by atoms with Crippen molar-refractivity contribution in [3.8, 4) is 5.75 Å². The van der Waals surface area contributed by atoms with E-state index >= 15 is 0 Å². The fraction of sp³-hybridized carbons (Fsp3) is 0.222. The number of thioether (sulfide) groups is 1. The lowest BCUT2D eigenvalue weighted by atomic mass is 10.3. The molecule has 0 aromatic heterocycles. The van der Waals surface area contributed by atoms with Crippen LogP contribution in [-0.2, 0) is 9.59 Å². The summed E-state index contributed by atoms with van der Waals surface area (Å²) in [5.41, 5.74) is 0.697. The molecule has 2 amide bonds. The molecule has 0 bridgehead atoms. The smallest absolute Gasteiger partial charge is 0.260 e. The molecule has 0 saturated heterocycles. The van der Waals surface area contributed by atoms with Crippen LogP contribution in [0.15, 0.2) is 47.4 Å². The van der Waals surface area contributed by atoms with Crippen LogP contribution in [0.25, 0.3) is 0 Å². The van der Waals surface area contributed by atoms with Crippen LogP contribution in [-0.4, -0.2) is 43.2 Å². The largest absolute Gasteiger partial charge is 0.484 e. The van der Waals surface area contributed by atoms with Crippen molar-refractivity contribution in [2.24, 2.45) is 0 Å². The van der Waals surface area contributed by atoms with Crippen molar-refractivity contribution in [3.63, 3.8) is 0 Å². The summed E-state index contributed by atoms with van der Waals surface area (Å²) in [4.78, 5) is 26.4. The number of nitrogens with zero attached hydrogens (tertiary/aromatic N) is 1. The van der Waals surface area contributed by atoms with E-state index in [1.807, 2.05) is 24.5 Å². The molecule has 26 heavy (non-hydrogen) atoms. The molecule has 1 N–H and O–H groups in total. The number of hydrogen-bond donors (Lipinski definition) is 1. The summed E-state index contributed by atoms with van der Waals surface area (Å²) < 4.78 is 18.4. The summed E-state index contributed by atoms with van der Waals surface area (Å²) in [5.74, 6) is -0.993. The molecule has 2 rings (SSSR count). The van der Waals surface area contributed by atoms with E-state index in [9.17, 15) is 14.0 Å². The van der Waals surface area contributed by atoms with E-state index in [2.05, 4.69) is 5.32 Å². The summed E-state index contributed by atoms with van der Waals surface area (Å²) in [6, 6.07) is 11.2. The molecular formula is C18H18ClFN2O3S. The van der Waals surface area contributed by atoms with E-state index < -0.39 is 11.7 Å². The molecule has 2 aromatic rings. The molecular weight excluding hydrogens is 379 g/mol. The summed E-state index contributed by atoms with van der Waals surface area (Å²) in [7, 11) is 1.50. The maximum absolute atomic E-state index is 13.1. The maximum Gasteiger partial charge on any atom is 0.260 e. The van der Waals surface area contributed by atoms with Gasteiger partial charge in [0.1, 0.15) is 11.6 Å². The van der Waals surface area contributed by atoms with Gasteiger partial charge < -0.3 is 15.0 Å². The van der Waals surface area contributed by atoms with E-state index in [1.54, 1.807) is 6.07 Å². The number of nitrogens with one attached hydrogen (secondary N) is 1. The van der Waals surface area contributed by atoms with Gasteiger partial charge in [0.15, 0.2) is 6.61 Å². The van der Waals surface area contributed by atoms with Crippen LogP contribution < -0.4 is 10.1 Å². The van der Waals surface area contributed by atoms with E-state index in [4.69, 9.17) is 16.3 Å². The Morgan fingerprint density at radius 1 is 1.27 bits per heavy atom. The highest BCUT2D eigenvalue weighted by molar-refractivity contribution is 7.98. The highest BCUT2D eigenvalue weighted by Gasteiger charge is 2.15. The van der Waals surface area contributed by atoms with Gasteiger partial charge in [-0.1, -0.05) is 23.7 Å². The zero-order valence-corrected chi connectivity index (χ0v) is 15.9. The van der Waals surface area contributed by atoms with Crippen LogP contribution in [0.2, 0.25) is 5.02 Å². The molecule has 0 spiro atoms. The monoisotopic (exact) mass is 396 g/mol. The van der Waals surface area contributed by atoms with Gasteiger partial charge in [-0.25, -0.2) is 4.39 Å². The lowest BCUT2D eigenvalue weighted by molar-refractivity contribution is -0.135. The normalized spacial score (nSPS) is 10.3. The van der Waals surface area contributed by atoms with Gasteiger partial charge in [0.25, 0.3) is 5.91 Å². The van der Waals surface area contributed by atoms with Gasteiger partial charge >= 0.3 is 0 Å². The molecule has 0 heterocycles. The standard InChI is InChI=1S/C18H18ClFN2O3S/c1-22(10-17(23)21-15-5-3-4-6-16(15)26-2)18(24)11-25-12-7-8-14(20)13(19)9-12/h3-9H,10-11H2,1-2H3,(H,21,23). The first-order valence-corrected chi connectivity index (χ1v) is 9.25. The average molecular weight is 397 g/mol. The predicted molar refractivity (Wildman–Crippen MR) is 101 cm³/mol. The Hall–Kier alpha value is -2.25. The number of halogens is 2. The molecule has 0 atom stereocenters. The zero-order valence-electron chi connectivity index (χ0n) is 14.3. The van der Waals surface area contributed by atoms with Gasteiger partial charge in [0.2, 0.25) is 5.91 Å². The van der Waals surface area contributed by atoms with E-state index in [0.717, 1.165) is 11.0 Å². The van der Waals surface area contributed by atoms with E-state index in [0.29, 0.717) is 5.69 Å². The molecule has 0 aliphatic carbocycles. The first-order valence-electron chi connectivity index (χ1n) is 7.65. The minimum absolute atomic E-state index is 0.0878. The van der Waals surface area contributed by atoms with Crippen molar-refractivity contribution in [1.29, 1.82) is 0 Å². The number of likely N-dealkylation sites (N-methyl/N-ethyl adjacent to an activating group) is 1. The van der Waals surface area contributed by atoms with Crippen molar-refractivity contribution in [2.75, 3.05) is 31.8 Å². The number of para-hydroxylation sites is 1. The van der Waals surface area contributed by atoms with E-state index in [-0.39, 0.29) is 29.8 Å². The molecule has 8 heteroatoms. The van der Waals surface area contributed by atoms with Gasteiger partial charge in [-0.05, 0) is 30.5 Å². The van der Waals surface area contributed by atoms with Gasteiger partial charge in [0, 0.05) is 18.0 Å². The topological polar surface area (TPSA) is 58.6 Å². The number of rotatable bonds is 7. The third-order valence-corrected chi connectivity index (χ3v) is 4.53. The molecule has 0 saturated carbocycles. The van der Waals surface area contributed by atoms with Gasteiger partial charge in [-0.3, -0.25) is 9.59 Å². The molecule has 0 aliphatic rings. The summed E-state index contributed by atoms with van der Waals surface area (Å²) >= 11 is 7.17. The van der Waals surface area contributed by atoms with Crippen molar-refractivity contribution >= 4 is 40.9 Å². The fourth-order valence-electron chi connectivity index (χ4n) is 2.06. The SMILES string of the molecule is CSc1ccccc1NC(=O)CN(C)C(=O)COc1ccc(F)c(Cl)c1. The number of benzene rings is 2. The second kappa shape index (κ2) is 9.45. The van der Waals surface area contributed by atoms with Crippen LogP contribution in [0.1, 0.15) is 0 Å². The Labute approximate surface area is 160 Å². The molecule has 0 unspecified atom stereocenters. The van der Waals surface area contributed by atoms with Crippen molar-refractivity contribution < 1.29 is 18.7 Å². The van der Waals surface area contributed by atoms with Crippen molar-refractivity contribution in [2.45, 2.75) is 4.90 Å². The average Bonchev–Trinajstić information content (AvgIpc) is 2.62. The predicted octanol–water partition coefficient (Wildman–Crippen LogP) is 3.68. The first kappa shape index (κ1) is 20.1. The van der Waals surface area contributed by atoms with E-state index in [1.165, 1.54) is 35.8 Å². The Morgan fingerprint density at radius 3 is 2.69 bits per heavy atom. The Kier molecular flexibility index (Phi) is 7.29. The second-order valence-corrected chi connectivity index (χ2v) is 6.62. The minimum atomic E-state index is -0.565. The molecule has 0 fully saturated rings. The molecule has 5 nitrogen and oxygen atoms in total. The minimum Gasteiger partial charge on any atom is -0.484 e. The Bertz CT molecular complexity index is 804. The summed E-state index contributed by atoms with van der Waals surface area (Å²) in [6.07, 6.45) is 1.92. The van der Waals surface area contributed by atoms with Crippen molar-refractivity contribution in [1.82, 2.24) is 4.90 Å². The number of carbonyl (C=O) groups excluding carboxylic acids is 2. The van der Waals surface area contributed by atoms with Crippen LogP contribution in [0.3, 0.4) is 0 Å². The van der Waals surface area contributed by atoms with Crippen LogP contribution >= 0.6 is 23.4 Å². The fourth-order valence-corrected chi connectivity index (χ4v) is 2.79. The number of hydrogen-bond acceptors (Lipinski definition) is 4. The van der Waals surface area contributed by atoms with Gasteiger partial charge in [0.05, 0.1) is 17.3 Å². The molecule has 138 valence electrons. The third-order valence-electron chi connectivity index (χ3n) is 3.44. The van der Waals surface area contributed by atoms with Crippen molar-refractivity contribution in [3.05, 3.63) is 53.3 Å². The molecule has 0 aliphatic heterocycles. The highest BCUT2D eigenvalue weighted by atomic mass is 35.5. The number of ether oxygens (including phenoxy) is 1. The van der Waals surface area contributed by atoms with Crippen LogP contribution in [0.5, 0.6) is 5.75 Å². The first-order chi connectivity index (χ1) is 12.4. The van der Waals surface area contributed by atoms with Crippen LogP contribution in [0.4, 0.5) is 10.1 Å². The highest BCUT2D eigenvalue weighted by Crippen LogP contribution is 2.24. The zero-order chi connectivity index (χ0) is 19.1. The summed E-state index contributed by atoms with van der Waals surface area (Å²) in [5, 5.41) is 2.69. The molecule has 0 radical (unpaired) electrons. The second-order valence-electron chi connectivity index (χ2n) is 5.36. The lowest BCUT2D eigenvalue weighted by Crippen LogP contribution is -2.37. The molecule has 2 aromatic carbocycles. The number of carbonyl (C=O) groups is 2.